The van der Waals surface area contributed by atoms with E-state index in [0.717, 1.165) is 5.56 Å². The summed E-state index contributed by atoms with van der Waals surface area (Å²) in [5.74, 6) is -0.219. The van der Waals surface area contributed by atoms with Crippen molar-refractivity contribution in [2.75, 3.05) is 0 Å². The van der Waals surface area contributed by atoms with Crippen LogP contribution in [0.1, 0.15) is 36.5 Å². The molecule has 3 heteroatoms. The van der Waals surface area contributed by atoms with Crippen LogP contribution in [0, 0.1) is 0 Å². The molecule has 0 bridgehead atoms. The Balaban J connectivity index is 2.08. The normalized spacial score (nSPS) is 18.5. The Bertz CT molecular complexity index is 346. The van der Waals surface area contributed by atoms with Crippen molar-refractivity contribution in [2.24, 2.45) is 5.73 Å². The van der Waals surface area contributed by atoms with Gasteiger partial charge in [-0.15, -0.1) is 11.8 Å². The lowest BCUT2D eigenvalue weighted by Crippen LogP contribution is -2.20. The van der Waals surface area contributed by atoms with Crippen LogP contribution in [0.5, 0.6) is 0 Å². The number of thioether (sulfide) groups is 1. The van der Waals surface area contributed by atoms with Crippen LogP contribution in [0.4, 0.5) is 0 Å². The quantitative estimate of drug-likeness (QED) is 0.872. The van der Waals surface area contributed by atoms with E-state index in [1.165, 1.54) is 25.7 Å². The van der Waals surface area contributed by atoms with Gasteiger partial charge in [0.2, 0.25) is 5.91 Å². The molecular formula is C13H17NOS. The molecular weight excluding hydrogens is 218 g/mol. The molecule has 1 amide bonds. The monoisotopic (exact) mass is 235 g/mol. The maximum absolute atomic E-state index is 11.5. The van der Waals surface area contributed by atoms with Gasteiger partial charge < -0.3 is 5.73 Å². The summed E-state index contributed by atoms with van der Waals surface area (Å²) in [6.45, 7) is 0. The fraction of sp³-hybridized carbons (Fsp3) is 0.462. The van der Waals surface area contributed by atoms with Crippen molar-refractivity contribution in [2.45, 2.75) is 36.2 Å². The van der Waals surface area contributed by atoms with E-state index in [2.05, 4.69) is 0 Å². The molecule has 0 saturated heterocycles. The number of hydrogen-bond donors (Lipinski definition) is 1. The van der Waals surface area contributed by atoms with Gasteiger partial charge in [0.25, 0.3) is 0 Å². The lowest BCUT2D eigenvalue weighted by Gasteiger charge is -2.17. The molecule has 0 heterocycles. The zero-order valence-electron chi connectivity index (χ0n) is 9.26. The standard InChI is InChI=1S/C13H17NOS/c14-13(15)12(10-6-2-1-3-7-10)16-11-8-4-5-9-11/h1-3,6-7,11-12H,4-5,8-9H2,(H2,14,15). The molecule has 0 radical (unpaired) electrons. The lowest BCUT2D eigenvalue weighted by atomic mass is 10.1. The Labute approximate surface area is 101 Å². The molecule has 0 aliphatic heterocycles. The molecule has 1 fully saturated rings. The second kappa shape index (κ2) is 5.39. The summed E-state index contributed by atoms with van der Waals surface area (Å²) in [4.78, 5) is 11.5. The Kier molecular flexibility index (Phi) is 3.88. The Morgan fingerprint density at radius 3 is 2.44 bits per heavy atom. The third-order valence-electron chi connectivity index (χ3n) is 2.99. The summed E-state index contributed by atoms with van der Waals surface area (Å²) in [5.41, 5.74) is 6.52. The molecule has 1 unspecified atom stereocenters. The minimum absolute atomic E-state index is 0.177. The summed E-state index contributed by atoms with van der Waals surface area (Å²) >= 11 is 1.74. The van der Waals surface area contributed by atoms with Crippen molar-refractivity contribution in [3.63, 3.8) is 0 Å². The van der Waals surface area contributed by atoms with Gasteiger partial charge in [0, 0.05) is 5.25 Å². The van der Waals surface area contributed by atoms with Crippen LogP contribution in [0.15, 0.2) is 30.3 Å². The molecule has 2 nitrogen and oxygen atoms in total. The molecule has 1 aliphatic rings. The third-order valence-corrected chi connectivity index (χ3v) is 4.62. The highest BCUT2D eigenvalue weighted by Gasteiger charge is 2.25. The van der Waals surface area contributed by atoms with E-state index >= 15 is 0 Å². The first kappa shape index (κ1) is 11.5. The maximum Gasteiger partial charge on any atom is 0.235 e. The summed E-state index contributed by atoms with van der Waals surface area (Å²) in [6.07, 6.45) is 5.03. The zero-order valence-corrected chi connectivity index (χ0v) is 10.1. The highest BCUT2D eigenvalue weighted by molar-refractivity contribution is 8.00. The SMILES string of the molecule is NC(=O)C(SC1CCCC1)c1ccccc1. The Morgan fingerprint density at radius 2 is 1.88 bits per heavy atom. The predicted molar refractivity (Wildman–Crippen MR) is 68.2 cm³/mol. The van der Waals surface area contributed by atoms with Crippen molar-refractivity contribution < 1.29 is 4.79 Å². The minimum atomic E-state index is -0.219. The van der Waals surface area contributed by atoms with Crippen molar-refractivity contribution in [1.82, 2.24) is 0 Å². The van der Waals surface area contributed by atoms with Crippen LogP contribution >= 0.6 is 11.8 Å². The first-order valence-corrected chi connectivity index (χ1v) is 6.71. The van der Waals surface area contributed by atoms with E-state index < -0.39 is 0 Å². The summed E-state index contributed by atoms with van der Waals surface area (Å²) in [6, 6.07) is 9.84. The van der Waals surface area contributed by atoms with E-state index in [1.54, 1.807) is 11.8 Å². The molecule has 1 atom stereocenters. The van der Waals surface area contributed by atoms with Gasteiger partial charge in [-0.25, -0.2) is 0 Å². The molecule has 1 saturated carbocycles. The number of rotatable bonds is 4. The van der Waals surface area contributed by atoms with E-state index in [9.17, 15) is 4.79 Å². The molecule has 1 aliphatic carbocycles. The average Bonchev–Trinajstić information content (AvgIpc) is 2.79. The van der Waals surface area contributed by atoms with Crippen LogP contribution in [-0.4, -0.2) is 11.2 Å². The maximum atomic E-state index is 11.5. The number of primary amides is 1. The fourth-order valence-corrected chi connectivity index (χ4v) is 3.59. The molecule has 0 aromatic heterocycles. The van der Waals surface area contributed by atoms with E-state index in [0.29, 0.717) is 5.25 Å². The summed E-state index contributed by atoms with van der Waals surface area (Å²) in [7, 11) is 0. The average molecular weight is 235 g/mol. The predicted octanol–water partition coefficient (Wildman–Crippen LogP) is 2.89. The van der Waals surface area contributed by atoms with E-state index in [4.69, 9.17) is 5.73 Å². The van der Waals surface area contributed by atoms with Gasteiger partial charge in [0.05, 0.1) is 0 Å². The van der Waals surface area contributed by atoms with Crippen molar-refractivity contribution in [3.8, 4) is 0 Å². The molecule has 1 aromatic carbocycles. The molecule has 0 spiro atoms. The second-order valence-corrected chi connectivity index (χ2v) is 5.65. The summed E-state index contributed by atoms with van der Waals surface area (Å²) < 4.78 is 0. The van der Waals surface area contributed by atoms with Crippen LogP contribution in [-0.2, 0) is 4.79 Å². The molecule has 86 valence electrons. The first-order chi connectivity index (χ1) is 7.77. The van der Waals surface area contributed by atoms with Crippen molar-refractivity contribution >= 4 is 17.7 Å². The van der Waals surface area contributed by atoms with Crippen LogP contribution < -0.4 is 5.73 Å². The van der Waals surface area contributed by atoms with Gasteiger partial charge in [-0.3, -0.25) is 4.79 Å². The molecule has 1 aromatic rings. The smallest absolute Gasteiger partial charge is 0.235 e. The highest BCUT2D eigenvalue weighted by Crippen LogP contribution is 2.39. The molecule has 16 heavy (non-hydrogen) atoms. The summed E-state index contributed by atoms with van der Waals surface area (Å²) in [5, 5.41) is 0.432. The highest BCUT2D eigenvalue weighted by atomic mass is 32.2. The third kappa shape index (κ3) is 2.79. The van der Waals surface area contributed by atoms with Gasteiger partial charge in [-0.05, 0) is 18.4 Å². The Morgan fingerprint density at radius 1 is 1.25 bits per heavy atom. The second-order valence-electron chi connectivity index (χ2n) is 4.24. The molecule has 2 rings (SSSR count). The zero-order chi connectivity index (χ0) is 11.4. The number of nitrogens with two attached hydrogens (primary N) is 1. The topological polar surface area (TPSA) is 43.1 Å². The van der Waals surface area contributed by atoms with Gasteiger partial charge >= 0.3 is 0 Å². The van der Waals surface area contributed by atoms with Gasteiger partial charge in [0.15, 0.2) is 0 Å². The van der Waals surface area contributed by atoms with E-state index in [1.807, 2.05) is 30.3 Å². The van der Waals surface area contributed by atoms with Crippen LogP contribution in [0.3, 0.4) is 0 Å². The lowest BCUT2D eigenvalue weighted by molar-refractivity contribution is -0.117. The largest absolute Gasteiger partial charge is 0.368 e. The van der Waals surface area contributed by atoms with E-state index in [-0.39, 0.29) is 11.2 Å². The first-order valence-electron chi connectivity index (χ1n) is 5.77. The van der Waals surface area contributed by atoms with Gasteiger partial charge in [0.1, 0.15) is 5.25 Å². The number of carbonyl (C=O) groups excluding carboxylic acids is 1. The fourth-order valence-electron chi connectivity index (χ4n) is 2.15. The number of benzene rings is 1. The Hall–Kier alpha value is -0.960. The van der Waals surface area contributed by atoms with Crippen LogP contribution in [0.25, 0.3) is 0 Å². The van der Waals surface area contributed by atoms with Gasteiger partial charge in [-0.2, -0.15) is 0 Å². The molecule has 2 N–H and O–H groups in total. The van der Waals surface area contributed by atoms with Crippen LogP contribution in [0.2, 0.25) is 0 Å². The van der Waals surface area contributed by atoms with Crippen molar-refractivity contribution in [1.29, 1.82) is 0 Å². The number of hydrogen-bond acceptors (Lipinski definition) is 2. The minimum Gasteiger partial charge on any atom is -0.368 e. The van der Waals surface area contributed by atoms with Gasteiger partial charge in [-0.1, -0.05) is 43.2 Å². The number of amides is 1. The number of carbonyl (C=O) groups is 1. The van der Waals surface area contributed by atoms with Crippen molar-refractivity contribution in [3.05, 3.63) is 35.9 Å².